The highest BCUT2D eigenvalue weighted by Gasteiger charge is 2.10. The van der Waals surface area contributed by atoms with Crippen molar-refractivity contribution in [1.82, 2.24) is 5.32 Å². The maximum atomic E-state index is 12.9. The molecule has 3 heteroatoms. The first kappa shape index (κ1) is 14.2. The van der Waals surface area contributed by atoms with Crippen molar-refractivity contribution in [2.75, 3.05) is 13.6 Å². The normalized spacial score (nSPS) is 12.5. The SMILES string of the molecule is CNCC(CCc1cccs1)Cc1ccc(F)cc1. The second-order valence-corrected chi connectivity index (χ2v) is 5.90. The minimum absolute atomic E-state index is 0.160. The van der Waals surface area contributed by atoms with Crippen LogP contribution in [0.15, 0.2) is 41.8 Å². The van der Waals surface area contributed by atoms with Crippen molar-refractivity contribution in [3.63, 3.8) is 0 Å². The Hall–Kier alpha value is -1.19. The van der Waals surface area contributed by atoms with Crippen LogP contribution >= 0.6 is 11.3 Å². The molecule has 0 fully saturated rings. The lowest BCUT2D eigenvalue weighted by Crippen LogP contribution is -2.21. The van der Waals surface area contributed by atoms with Crippen molar-refractivity contribution in [1.29, 1.82) is 0 Å². The molecular weight excluding hydrogens is 257 g/mol. The molecule has 19 heavy (non-hydrogen) atoms. The summed E-state index contributed by atoms with van der Waals surface area (Å²) in [6, 6.07) is 11.2. The van der Waals surface area contributed by atoms with Crippen molar-refractivity contribution in [2.45, 2.75) is 19.3 Å². The van der Waals surface area contributed by atoms with Crippen LogP contribution < -0.4 is 5.32 Å². The van der Waals surface area contributed by atoms with Gasteiger partial charge in [0.2, 0.25) is 0 Å². The van der Waals surface area contributed by atoms with Crippen LogP contribution in [-0.4, -0.2) is 13.6 Å². The van der Waals surface area contributed by atoms with Gasteiger partial charge in [0, 0.05) is 4.88 Å². The van der Waals surface area contributed by atoms with Gasteiger partial charge in [-0.3, -0.25) is 0 Å². The number of thiophene rings is 1. The van der Waals surface area contributed by atoms with Gasteiger partial charge in [-0.05, 0) is 67.9 Å². The van der Waals surface area contributed by atoms with E-state index in [0.717, 1.165) is 19.4 Å². The number of hydrogen-bond acceptors (Lipinski definition) is 2. The molecule has 1 N–H and O–H groups in total. The van der Waals surface area contributed by atoms with Gasteiger partial charge in [-0.2, -0.15) is 0 Å². The molecule has 0 saturated heterocycles. The van der Waals surface area contributed by atoms with Gasteiger partial charge in [-0.25, -0.2) is 4.39 Å². The van der Waals surface area contributed by atoms with Gasteiger partial charge in [-0.1, -0.05) is 18.2 Å². The topological polar surface area (TPSA) is 12.0 Å². The second-order valence-electron chi connectivity index (χ2n) is 4.87. The molecule has 0 radical (unpaired) electrons. The van der Waals surface area contributed by atoms with Crippen LogP contribution in [-0.2, 0) is 12.8 Å². The van der Waals surface area contributed by atoms with Gasteiger partial charge in [0.1, 0.15) is 5.82 Å². The van der Waals surface area contributed by atoms with E-state index < -0.39 is 0 Å². The summed E-state index contributed by atoms with van der Waals surface area (Å²) >= 11 is 1.82. The molecule has 0 aliphatic heterocycles. The quantitative estimate of drug-likeness (QED) is 0.809. The number of hydrogen-bond donors (Lipinski definition) is 1. The highest BCUT2D eigenvalue weighted by Crippen LogP contribution is 2.18. The summed E-state index contributed by atoms with van der Waals surface area (Å²) in [5.74, 6) is 0.435. The van der Waals surface area contributed by atoms with Crippen molar-refractivity contribution in [2.24, 2.45) is 5.92 Å². The van der Waals surface area contributed by atoms with Crippen LogP contribution in [0.1, 0.15) is 16.9 Å². The fraction of sp³-hybridized carbons (Fsp3) is 0.375. The van der Waals surface area contributed by atoms with Crippen LogP contribution in [0.2, 0.25) is 0 Å². The molecule has 1 aromatic carbocycles. The van der Waals surface area contributed by atoms with Crippen molar-refractivity contribution >= 4 is 11.3 Å². The molecule has 0 amide bonds. The number of aryl methyl sites for hydroxylation is 1. The molecule has 2 aromatic rings. The molecule has 1 atom stereocenters. The van der Waals surface area contributed by atoms with Gasteiger partial charge in [0.05, 0.1) is 0 Å². The molecule has 0 bridgehead atoms. The first-order valence-corrected chi connectivity index (χ1v) is 7.57. The van der Waals surface area contributed by atoms with Crippen molar-refractivity contribution < 1.29 is 4.39 Å². The Kier molecular flexibility index (Phi) is 5.55. The lowest BCUT2D eigenvalue weighted by molar-refractivity contribution is 0.462. The van der Waals surface area contributed by atoms with Gasteiger partial charge in [0.15, 0.2) is 0 Å². The van der Waals surface area contributed by atoms with E-state index in [2.05, 4.69) is 22.8 Å². The number of benzene rings is 1. The first-order chi connectivity index (χ1) is 9.28. The minimum atomic E-state index is -0.160. The summed E-state index contributed by atoms with van der Waals surface area (Å²) in [4.78, 5) is 1.44. The highest BCUT2D eigenvalue weighted by molar-refractivity contribution is 7.09. The highest BCUT2D eigenvalue weighted by atomic mass is 32.1. The van der Waals surface area contributed by atoms with E-state index in [1.807, 2.05) is 30.5 Å². The van der Waals surface area contributed by atoms with Gasteiger partial charge < -0.3 is 5.32 Å². The number of halogens is 1. The molecule has 0 spiro atoms. The maximum Gasteiger partial charge on any atom is 0.123 e. The van der Waals surface area contributed by atoms with Gasteiger partial charge in [0.25, 0.3) is 0 Å². The lowest BCUT2D eigenvalue weighted by Gasteiger charge is -2.16. The Balaban J connectivity index is 1.89. The molecule has 1 unspecified atom stereocenters. The van der Waals surface area contributed by atoms with Crippen LogP contribution in [0.3, 0.4) is 0 Å². The summed E-state index contributed by atoms with van der Waals surface area (Å²) in [5, 5.41) is 5.39. The Morgan fingerprint density at radius 1 is 1.21 bits per heavy atom. The fourth-order valence-corrected chi connectivity index (χ4v) is 3.04. The maximum absolute atomic E-state index is 12.9. The smallest absolute Gasteiger partial charge is 0.123 e. The van der Waals surface area contributed by atoms with Crippen LogP contribution in [0, 0.1) is 11.7 Å². The largest absolute Gasteiger partial charge is 0.319 e. The third-order valence-corrected chi connectivity index (χ3v) is 4.25. The Bertz CT molecular complexity index is 464. The molecule has 2 rings (SSSR count). The second kappa shape index (κ2) is 7.41. The monoisotopic (exact) mass is 277 g/mol. The summed E-state index contributed by atoms with van der Waals surface area (Å²) < 4.78 is 12.9. The molecule has 1 nitrogen and oxygen atoms in total. The average Bonchev–Trinajstić information content (AvgIpc) is 2.92. The lowest BCUT2D eigenvalue weighted by atomic mass is 9.94. The minimum Gasteiger partial charge on any atom is -0.319 e. The fourth-order valence-electron chi connectivity index (χ4n) is 2.32. The molecular formula is C16H20FNS. The molecule has 1 heterocycles. The van der Waals surface area contributed by atoms with E-state index in [1.54, 1.807) is 12.1 Å². The van der Waals surface area contributed by atoms with E-state index in [1.165, 1.54) is 16.9 Å². The number of nitrogens with one attached hydrogen (secondary N) is 1. The molecule has 0 aliphatic rings. The van der Waals surface area contributed by atoms with Crippen LogP contribution in [0.4, 0.5) is 4.39 Å². The van der Waals surface area contributed by atoms with E-state index in [4.69, 9.17) is 0 Å². The van der Waals surface area contributed by atoms with Crippen molar-refractivity contribution in [3.05, 3.63) is 58.0 Å². The summed E-state index contributed by atoms with van der Waals surface area (Å²) in [7, 11) is 1.99. The van der Waals surface area contributed by atoms with Crippen LogP contribution in [0.5, 0.6) is 0 Å². The van der Waals surface area contributed by atoms with E-state index in [-0.39, 0.29) is 5.82 Å². The Morgan fingerprint density at radius 3 is 2.63 bits per heavy atom. The Morgan fingerprint density at radius 2 is 2.00 bits per heavy atom. The van der Waals surface area contributed by atoms with Crippen LogP contribution in [0.25, 0.3) is 0 Å². The van der Waals surface area contributed by atoms with E-state index in [0.29, 0.717) is 5.92 Å². The zero-order valence-corrected chi connectivity index (χ0v) is 12.0. The van der Waals surface area contributed by atoms with E-state index >= 15 is 0 Å². The summed E-state index contributed by atoms with van der Waals surface area (Å²) in [6.07, 6.45) is 3.30. The molecule has 102 valence electrons. The zero-order chi connectivity index (χ0) is 13.5. The standard InChI is InChI=1S/C16H20FNS/c1-18-12-14(6-9-16-3-2-10-19-16)11-13-4-7-15(17)8-5-13/h2-5,7-8,10,14,18H,6,9,11-12H2,1H3. The summed E-state index contributed by atoms with van der Waals surface area (Å²) in [5.41, 5.74) is 1.22. The summed E-state index contributed by atoms with van der Waals surface area (Å²) in [6.45, 7) is 1.00. The number of rotatable bonds is 7. The molecule has 1 aromatic heterocycles. The molecule has 0 saturated carbocycles. The molecule has 0 aliphatic carbocycles. The third kappa shape index (κ3) is 4.77. The van der Waals surface area contributed by atoms with Gasteiger partial charge >= 0.3 is 0 Å². The zero-order valence-electron chi connectivity index (χ0n) is 11.2. The average molecular weight is 277 g/mol. The predicted molar refractivity (Wildman–Crippen MR) is 80.2 cm³/mol. The van der Waals surface area contributed by atoms with Gasteiger partial charge in [-0.15, -0.1) is 11.3 Å². The van der Waals surface area contributed by atoms with Crippen molar-refractivity contribution in [3.8, 4) is 0 Å². The predicted octanol–water partition coefficient (Wildman–Crippen LogP) is 3.90. The van der Waals surface area contributed by atoms with E-state index in [9.17, 15) is 4.39 Å². The third-order valence-electron chi connectivity index (χ3n) is 3.31. The first-order valence-electron chi connectivity index (χ1n) is 6.69. The Labute approximate surface area is 118 Å².